The normalized spacial score (nSPS) is 20.7. The smallest absolute Gasteiger partial charge is 0.103 e. The molecule has 1 heterocycles. The fourth-order valence-corrected chi connectivity index (χ4v) is 2.89. The van der Waals surface area contributed by atoms with Crippen LogP contribution in [0.2, 0.25) is 0 Å². The van der Waals surface area contributed by atoms with E-state index in [1.807, 2.05) is 12.1 Å². The van der Waals surface area contributed by atoms with Crippen molar-refractivity contribution in [2.75, 3.05) is 13.1 Å². The van der Waals surface area contributed by atoms with E-state index in [9.17, 15) is 0 Å². The Morgan fingerprint density at radius 3 is 2.74 bits per heavy atom. The first-order valence-electron chi connectivity index (χ1n) is 6.97. The van der Waals surface area contributed by atoms with Crippen molar-refractivity contribution in [3.63, 3.8) is 0 Å². The Bertz CT molecular complexity index is 462. The van der Waals surface area contributed by atoms with Gasteiger partial charge < -0.3 is 5.73 Å². The van der Waals surface area contributed by atoms with Gasteiger partial charge in [-0.1, -0.05) is 51.2 Å². The molecule has 0 saturated carbocycles. The third kappa shape index (κ3) is 3.77. The Hall–Kier alpha value is -0.930. The molecule has 1 aliphatic heterocycles. The van der Waals surface area contributed by atoms with E-state index in [2.05, 4.69) is 37.8 Å². The number of hydrogen-bond donors (Lipinski definition) is 1. The standard InChI is InChI=1S/C16H24N2S/c1-16(2,3)14-7-8-18(11-14)10-12-5-4-6-13(9-12)15(17)19/h4-6,9,14H,7-8,10-11H2,1-3H3,(H2,17,19). The first kappa shape index (κ1) is 14.5. The molecule has 2 nitrogen and oxygen atoms in total. The first-order chi connectivity index (χ1) is 8.86. The summed E-state index contributed by atoms with van der Waals surface area (Å²) in [5.74, 6) is 0.797. The Labute approximate surface area is 122 Å². The van der Waals surface area contributed by atoms with E-state index in [1.54, 1.807) is 0 Å². The lowest BCUT2D eigenvalue weighted by Gasteiger charge is -2.27. The molecule has 1 unspecified atom stereocenters. The number of likely N-dealkylation sites (tertiary alicyclic amines) is 1. The van der Waals surface area contributed by atoms with Crippen LogP contribution in [0.25, 0.3) is 0 Å². The van der Waals surface area contributed by atoms with Gasteiger partial charge >= 0.3 is 0 Å². The van der Waals surface area contributed by atoms with Crippen LogP contribution in [0, 0.1) is 11.3 Å². The number of rotatable bonds is 3. The predicted octanol–water partition coefficient (Wildman–Crippen LogP) is 3.19. The summed E-state index contributed by atoms with van der Waals surface area (Å²) in [6, 6.07) is 8.30. The predicted molar refractivity (Wildman–Crippen MR) is 85.2 cm³/mol. The zero-order valence-corrected chi connectivity index (χ0v) is 13.0. The first-order valence-corrected chi connectivity index (χ1v) is 7.38. The van der Waals surface area contributed by atoms with Gasteiger partial charge in [-0.2, -0.15) is 0 Å². The molecule has 1 aromatic carbocycles. The lowest BCUT2D eigenvalue weighted by molar-refractivity contribution is 0.226. The molecule has 104 valence electrons. The molecule has 0 aromatic heterocycles. The summed E-state index contributed by atoms with van der Waals surface area (Å²) in [5.41, 5.74) is 8.38. The molecule has 0 amide bonds. The third-order valence-electron chi connectivity index (χ3n) is 4.11. The maximum Gasteiger partial charge on any atom is 0.103 e. The summed E-state index contributed by atoms with van der Waals surface area (Å²) >= 11 is 5.04. The van der Waals surface area contributed by atoms with Gasteiger partial charge in [0.15, 0.2) is 0 Å². The van der Waals surface area contributed by atoms with Crippen molar-refractivity contribution in [1.29, 1.82) is 0 Å². The van der Waals surface area contributed by atoms with E-state index in [0.29, 0.717) is 10.4 Å². The lowest BCUT2D eigenvalue weighted by atomic mass is 9.80. The van der Waals surface area contributed by atoms with E-state index >= 15 is 0 Å². The van der Waals surface area contributed by atoms with E-state index in [0.717, 1.165) is 18.0 Å². The molecule has 0 aliphatic carbocycles. The minimum absolute atomic E-state index is 0.412. The maximum atomic E-state index is 5.69. The van der Waals surface area contributed by atoms with Gasteiger partial charge in [-0.3, -0.25) is 4.90 Å². The van der Waals surface area contributed by atoms with E-state index < -0.39 is 0 Å². The fourth-order valence-electron chi connectivity index (χ4n) is 2.76. The average Bonchev–Trinajstić information content (AvgIpc) is 2.77. The third-order valence-corrected chi connectivity index (χ3v) is 4.35. The van der Waals surface area contributed by atoms with Gasteiger partial charge in [-0.25, -0.2) is 0 Å². The number of benzene rings is 1. The summed E-state index contributed by atoms with van der Waals surface area (Å²) in [6.45, 7) is 10.4. The minimum Gasteiger partial charge on any atom is -0.389 e. The Morgan fingerprint density at radius 2 is 2.16 bits per heavy atom. The second kappa shape index (κ2) is 5.59. The van der Waals surface area contributed by atoms with Gasteiger partial charge in [0.05, 0.1) is 0 Å². The summed E-state index contributed by atoms with van der Waals surface area (Å²) in [4.78, 5) is 3.02. The highest BCUT2D eigenvalue weighted by Gasteiger charge is 2.31. The number of hydrogen-bond acceptors (Lipinski definition) is 2. The SMILES string of the molecule is CC(C)(C)C1CCN(Cc2cccc(C(N)=S)c2)C1. The molecule has 0 radical (unpaired) electrons. The molecule has 1 aromatic rings. The number of thiocarbonyl (C=S) groups is 1. The molecule has 1 saturated heterocycles. The summed E-state index contributed by atoms with van der Waals surface area (Å²) in [5, 5.41) is 0. The van der Waals surface area contributed by atoms with Crippen molar-refractivity contribution in [2.45, 2.75) is 33.7 Å². The van der Waals surface area contributed by atoms with Crippen molar-refractivity contribution < 1.29 is 0 Å². The van der Waals surface area contributed by atoms with Crippen LogP contribution in [0.3, 0.4) is 0 Å². The van der Waals surface area contributed by atoms with Gasteiger partial charge in [0.2, 0.25) is 0 Å². The zero-order valence-electron chi connectivity index (χ0n) is 12.1. The van der Waals surface area contributed by atoms with Gasteiger partial charge in [-0.05, 0) is 35.9 Å². The largest absolute Gasteiger partial charge is 0.389 e. The van der Waals surface area contributed by atoms with Crippen LogP contribution in [0.15, 0.2) is 24.3 Å². The summed E-state index contributed by atoms with van der Waals surface area (Å²) in [6.07, 6.45) is 1.30. The second-order valence-electron chi connectivity index (χ2n) is 6.65. The fraction of sp³-hybridized carbons (Fsp3) is 0.562. The molecular weight excluding hydrogens is 252 g/mol. The highest BCUT2D eigenvalue weighted by atomic mass is 32.1. The molecule has 0 spiro atoms. The Kier molecular flexibility index (Phi) is 4.26. The molecule has 3 heteroatoms. The van der Waals surface area contributed by atoms with Crippen LogP contribution in [0.5, 0.6) is 0 Å². The number of nitrogens with zero attached hydrogens (tertiary/aromatic N) is 1. The Balaban J connectivity index is 1.99. The molecule has 2 rings (SSSR count). The highest BCUT2D eigenvalue weighted by molar-refractivity contribution is 7.80. The van der Waals surface area contributed by atoms with E-state index in [1.165, 1.54) is 25.1 Å². The lowest BCUT2D eigenvalue weighted by Crippen LogP contribution is -2.25. The van der Waals surface area contributed by atoms with Crippen LogP contribution in [-0.4, -0.2) is 23.0 Å². The van der Waals surface area contributed by atoms with Gasteiger partial charge in [0.1, 0.15) is 4.99 Å². The van der Waals surface area contributed by atoms with E-state index in [-0.39, 0.29) is 0 Å². The van der Waals surface area contributed by atoms with Crippen molar-refractivity contribution in [3.8, 4) is 0 Å². The topological polar surface area (TPSA) is 29.3 Å². The second-order valence-corrected chi connectivity index (χ2v) is 7.09. The molecule has 19 heavy (non-hydrogen) atoms. The quantitative estimate of drug-likeness (QED) is 0.860. The van der Waals surface area contributed by atoms with Crippen molar-refractivity contribution in [3.05, 3.63) is 35.4 Å². The molecule has 2 N–H and O–H groups in total. The molecule has 1 atom stereocenters. The number of nitrogens with two attached hydrogens (primary N) is 1. The zero-order chi connectivity index (χ0) is 14.0. The van der Waals surface area contributed by atoms with Gasteiger partial charge in [0.25, 0.3) is 0 Å². The van der Waals surface area contributed by atoms with Crippen LogP contribution in [0.4, 0.5) is 0 Å². The van der Waals surface area contributed by atoms with Crippen LogP contribution in [0.1, 0.15) is 38.3 Å². The summed E-state index contributed by atoms with van der Waals surface area (Å²) in [7, 11) is 0. The molecular formula is C16H24N2S. The van der Waals surface area contributed by atoms with Crippen LogP contribution < -0.4 is 5.73 Å². The molecule has 1 aliphatic rings. The van der Waals surface area contributed by atoms with Crippen molar-refractivity contribution >= 4 is 17.2 Å². The maximum absolute atomic E-state index is 5.69. The van der Waals surface area contributed by atoms with Crippen LogP contribution in [-0.2, 0) is 6.54 Å². The van der Waals surface area contributed by atoms with Gasteiger partial charge in [-0.15, -0.1) is 0 Å². The molecule has 0 bridgehead atoms. The Morgan fingerprint density at radius 1 is 1.42 bits per heavy atom. The van der Waals surface area contributed by atoms with Crippen molar-refractivity contribution in [2.24, 2.45) is 17.1 Å². The van der Waals surface area contributed by atoms with Gasteiger partial charge in [0, 0.05) is 18.7 Å². The highest BCUT2D eigenvalue weighted by Crippen LogP contribution is 2.34. The van der Waals surface area contributed by atoms with Crippen molar-refractivity contribution in [1.82, 2.24) is 4.90 Å². The van der Waals surface area contributed by atoms with E-state index in [4.69, 9.17) is 18.0 Å². The average molecular weight is 276 g/mol. The summed E-state index contributed by atoms with van der Waals surface area (Å²) < 4.78 is 0. The minimum atomic E-state index is 0.412. The monoisotopic (exact) mass is 276 g/mol. The molecule has 1 fully saturated rings. The van der Waals surface area contributed by atoms with Crippen LogP contribution >= 0.6 is 12.2 Å².